The summed E-state index contributed by atoms with van der Waals surface area (Å²) in [5.41, 5.74) is -0.0313. The Morgan fingerprint density at radius 3 is 2.36 bits per heavy atom. The summed E-state index contributed by atoms with van der Waals surface area (Å²) in [4.78, 5) is 34.4. The number of esters is 1. The Bertz CT molecular complexity index is 648. The summed E-state index contributed by atoms with van der Waals surface area (Å²) in [6.45, 7) is -2.48. The number of carbonyl (C=O) groups excluding carboxylic acids is 3. The average molecular weight is 364 g/mol. The number of amides is 3. The van der Waals surface area contributed by atoms with Crippen LogP contribution in [0.2, 0.25) is 0 Å². The molecule has 138 valence electrons. The van der Waals surface area contributed by atoms with Crippen molar-refractivity contribution < 1.29 is 41.8 Å². The summed E-state index contributed by atoms with van der Waals surface area (Å²) in [5.74, 6) is -1.71. The number of rotatable bonds is 6. The SMILES string of the molecule is COc1cccc(C(=O)OCC(=O)NC(=O)NCC(F)(F)F)c1OC. The van der Waals surface area contributed by atoms with Crippen LogP contribution in [0, 0.1) is 0 Å². The number of hydrogen-bond donors (Lipinski definition) is 2. The molecule has 1 aromatic carbocycles. The molecule has 0 atom stereocenters. The normalized spacial score (nSPS) is 10.6. The van der Waals surface area contributed by atoms with Gasteiger partial charge in [-0.25, -0.2) is 9.59 Å². The molecule has 3 amide bonds. The number of carbonyl (C=O) groups is 3. The van der Waals surface area contributed by atoms with E-state index in [1.165, 1.54) is 37.7 Å². The number of hydrogen-bond acceptors (Lipinski definition) is 6. The standard InChI is InChI=1S/C14H15F3N2O6/c1-23-9-5-3-4-8(11(9)24-2)12(21)25-6-10(20)19-13(22)18-7-14(15,16)17/h3-5H,6-7H2,1-2H3,(H2,18,19,20,22). The number of methoxy groups -OCH3 is 2. The molecule has 0 radical (unpaired) electrons. The summed E-state index contributed by atoms with van der Waals surface area (Å²) in [7, 11) is 2.66. The lowest BCUT2D eigenvalue weighted by Gasteiger charge is -2.12. The first-order chi connectivity index (χ1) is 11.7. The molecule has 0 aliphatic rings. The highest BCUT2D eigenvalue weighted by atomic mass is 19.4. The predicted molar refractivity (Wildman–Crippen MR) is 77.4 cm³/mol. The zero-order chi connectivity index (χ0) is 19.0. The minimum absolute atomic E-state index is 0.0313. The van der Waals surface area contributed by atoms with E-state index in [2.05, 4.69) is 4.74 Å². The minimum atomic E-state index is -4.62. The van der Waals surface area contributed by atoms with E-state index in [9.17, 15) is 27.6 Å². The minimum Gasteiger partial charge on any atom is -0.493 e. The van der Waals surface area contributed by atoms with Gasteiger partial charge >= 0.3 is 18.2 Å². The van der Waals surface area contributed by atoms with Crippen LogP contribution in [-0.4, -0.2) is 51.5 Å². The van der Waals surface area contributed by atoms with E-state index >= 15 is 0 Å². The van der Waals surface area contributed by atoms with Crippen LogP contribution >= 0.6 is 0 Å². The lowest BCUT2D eigenvalue weighted by Crippen LogP contribution is -2.44. The number of imide groups is 1. The lowest BCUT2D eigenvalue weighted by atomic mass is 10.2. The number of alkyl halides is 3. The largest absolute Gasteiger partial charge is 0.493 e. The van der Waals surface area contributed by atoms with Gasteiger partial charge < -0.3 is 19.5 Å². The van der Waals surface area contributed by atoms with Crippen LogP contribution in [0.4, 0.5) is 18.0 Å². The summed E-state index contributed by atoms with van der Waals surface area (Å²) in [5, 5.41) is 3.02. The Balaban J connectivity index is 2.57. The number of nitrogens with one attached hydrogen (secondary N) is 2. The van der Waals surface area contributed by atoms with E-state index in [1.54, 1.807) is 5.32 Å². The van der Waals surface area contributed by atoms with Crippen molar-refractivity contribution in [3.8, 4) is 11.5 Å². The summed E-state index contributed by atoms with van der Waals surface area (Å²) < 4.78 is 50.4. The third kappa shape index (κ3) is 6.57. The third-order valence-corrected chi connectivity index (χ3v) is 2.66. The number of para-hydroxylation sites is 1. The van der Waals surface area contributed by atoms with E-state index in [4.69, 9.17) is 9.47 Å². The molecule has 2 N–H and O–H groups in total. The Morgan fingerprint density at radius 1 is 1.12 bits per heavy atom. The van der Waals surface area contributed by atoms with Gasteiger partial charge in [0.15, 0.2) is 18.1 Å². The zero-order valence-corrected chi connectivity index (χ0v) is 13.2. The fraction of sp³-hybridized carbons (Fsp3) is 0.357. The first-order valence-electron chi connectivity index (χ1n) is 6.70. The Kier molecular flexibility index (Phi) is 7.03. The lowest BCUT2D eigenvalue weighted by molar-refractivity contribution is -0.125. The Hall–Kier alpha value is -2.98. The molecule has 0 aromatic heterocycles. The zero-order valence-electron chi connectivity index (χ0n) is 13.2. The molecular weight excluding hydrogens is 349 g/mol. The summed E-state index contributed by atoms with van der Waals surface area (Å²) >= 11 is 0. The van der Waals surface area contributed by atoms with Gasteiger partial charge in [0, 0.05) is 0 Å². The Labute approximate surface area is 140 Å². The van der Waals surface area contributed by atoms with E-state index in [1.807, 2.05) is 0 Å². The van der Waals surface area contributed by atoms with Gasteiger partial charge in [-0.05, 0) is 12.1 Å². The van der Waals surface area contributed by atoms with Crippen LogP contribution < -0.4 is 20.1 Å². The predicted octanol–water partition coefficient (Wildman–Crippen LogP) is 1.25. The molecule has 0 fully saturated rings. The Morgan fingerprint density at radius 2 is 1.80 bits per heavy atom. The molecule has 25 heavy (non-hydrogen) atoms. The van der Waals surface area contributed by atoms with Gasteiger partial charge in [-0.2, -0.15) is 13.2 Å². The second-order valence-electron chi connectivity index (χ2n) is 4.46. The number of ether oxygens (including phenoxy) is 3. The van der Waals surface area contributed by atoms with E-state index < -0.39 is 37.2 Å². The molecule has 11 heteroatoms. The van der Waals surface area contributed by atoms with Crippen LogP contribution in [-0.2, 0) is 9.53 Å². The summed E-state index contributed by atoms with van der Waals surface area (Å²) in [6, 6.07) is 3.02. The molecule has 0 unspecified atom stereocenters. The quantitative estimate of drug-likeness (QED) is 0.737. The van der Waals surface area contributed by atoms with Gasteiger partial charge in [-0.15, -0.1) is 0 Å². The maximum atomic E-state index is 12.0. The molecule has 1 rings (SSSR count). The fourth-order valence-electron chi connectivity index (χ4n) is 1.64. The van der Waals surface area contributed by atoms with Crippen LogP contribution in [0.3, 0.4) is 0 Å². The average Bonchev–Trinajstić information content (AvgIpc) is 2.56. The van der Waals surface area contributed by atoms with Crippen molar-refractivity contribution in [2.75, 3.05) is 27.4 Å². The van der Waals surface area contributed by atoms with Crippen molar-refractivity contribution in [2.24, 2.45) is 0 Å². The topological polar surface area (TPSA) is 103 Å². The molecule has 0 saturated carbocycles. The number of urea groups is 1. The van der Waals surface area contributed by atoms with Gasteiger partial charge in [-0.3, -0.25) is 10.1 Å². The van der Waals surface area contributed by atoms with Crippen LogP contribution in [0.15, 0.2) is 18.2 Å². The highest BCUT2D eigenvalue weighted by Crippen LogP contribution is 2.30. The van der Waals surface area contributed by atoms with Crippen molar-refractivity contribution in [2.45, 2.75) is 6.18 Å². The molecule has 8 nitrogen and oxygen atoms in total. The van der Waals surface area contributed by atoms with Crippen LogP contribution in [0.25, 0.3) is 0 Å². The molecule has 0 heterocycles. The van der Waals surface area contributed by atoms with Crippen molar-refractivity contribution >= 4 is 17.9 Å². The summed E-state index contributed by atoms with van der Waals surface area (Å²) in [6.07, 6.45) is -4.62. The molecule has 0 aliphatic carbocycles. The van der Waals surface area contributed by atoms with Gasteiger partial charge in [0.1, 0.15) is 12.1 Å². The van der Waals surface area contributed by atoms with E-state index in [0.29, 0.717) is 0 Å². The highest BCUT2D eigenvalue weighted by molar-refractivity contribution is 5.98. The van der Waals surface area contributed by atoms with E-state index in [0.717, 1.165) is 0 Å². The monoisotopic (exact) mass is 364 g/mol. The van der Waals surface area contributed by atoms with Crippen molar-refractivity contribution in [3.05, 3.63) is 23.8 Å². The highest BCUT2D eigenvalue weighted by Gasteiger charge is 2.28. The molecule has 0 saturated heterocycles. The van der Waals surface area contributed by atoms with Gasteiger partial charge in [0.05, 0.1) is 14.2 Å². The van der Waals surface area contributed by atoms with E-state index in [-0.39, 0.29) is 17.1 Å². The second kappa shape index (κ2) is 8.76. The number of halogens is 3. The smallest absolute Gasteiger partial charge is 0.405 e. The van der Waals surface area contributed by atoms with Crippen molar-refractivity contribution in [1.29, 1.82) is 0 Å². The molecular formula is C14H15F3N2O6. The van der Waals surface area contributed by atoms with Gasteiger partial charge in [0.2, 0.25) is 0 Å². The first-order valence-corrected chi connectivity index (χ1v) is 6.70. The molecule has 0 bridgehead atoms. The van der Waals surface area contributed by atoms with Crippen LogP contribution in [0.5, 0.6) is 11.5 Å². The molecule has 1 aromatic rings. The number of benzene rings is 1. The van der Waals surface area contributed by atoms with Gasteiger partial charge in [0.25, 0.3) is 5.91 Å². The first kappa shape index (κ1) is 20.1. The second-order valence-corrected chi connectivity index (χ2v) is 4.46. The maximum absolute atomic E-state index is 12.0. The molecule has 0 aliphatic heterocycles. The third-order valence-electron chi connectivity index (χ3n) is 2.66. The van der Waals surface area contributed by atoms with Crippen molar-refractivity contribution in [3.63, 3.8) is 0 Å². The fourth-order valence-corrected chi connectivity index (χ4v) is 1.64. The van der Waals surface area contributed by atoms with Crippen LogP contribution in [0.1, 0.15) is 10.4 Å². The maximum Gasteiger partial charge on any atom is 0.405 e. The molecule has 0 spiro atoms. The van der Waals surface area contributed by atoms with Gasteiger partial charge in [-0.1, -0.05) is 6.07 Å². The van der Waals surface area contributed by atoms with Crippen molar-refractivity contribution in [1.82, 2.24) is 10.6 Å².